The lowest BCUT2D eigenvalue weighted by Crippen LogP contribution is -2.32. The van der Waals surface area contributed by atoms with Crippen LogP contribution < -0.4 is 11.1 Å². The number of thiocarbonyl (C=S) groups is 1. The van der Waals surface area contributed by atoms with Gasteiger partial charge in [0.05, 0.1) is 0 Å². The number of hydrogen-bond acceptors (Lipinski definition) is 2. The van der Waals surface area contributed by atoms with E-state index in [1.54, 1.807) is 0 Å². The first kappa shape index (κ1) is 13.5. The first-order valence-corrected chi connectivity index (χ1v) is 6.56. The molecule has 0 atom stereocenters. The Kier molecular flexibility index (Phi) is 3.85. The van der Waals surface area contributed by atoms with Crippen LogP contribution in [0.2, 0.25) is 0 Å². The van der Waals surface area contributed by atoms with Gasteiger partial charge in [0.2, 0.25) is 5.91 Å². The van der Waals surface area contributed by atoms with Crippen molar-refractivity contribution in [2.24, 2.45) is 5.73 Å². The van der Waals surface area contributed by atoms with Gasteiger partial charge in [-0.3, -0.25) is 4.79 Å². The fourth-order valence-electron chi connectivity index (χ4n) is 2.01. The minimum absolute atomic E-state index is 0.00548. The Balaban J connectivity index is 2.26. The monoisotopic (exact) mass is 275 g/mol. The molecule has 0 aliphatic heterocycles. The Morgan fingerprint density at radius 1 is 1.42 bits per heavy atom. The van der Waals surface area contributed by atoms with Crippen LogP contribution in [0.1, 0.15) is 19.4 Å². The van der Waals surface area contributed by atoms with Crippen molar-refractivity contribution in [3.63, 3.8) is 0 Å². The molecule has 5 heteroatoms. The largest absolute Gasteiger partial charge is 0.389 e. The highest BCUT2D eigenvalue weighted by molar-refractivity contribution is 7.80. The van der Waals surface area contributed by atoms with Gasteiger partial charge in [0.15, 0.2) is 0 Å². The summed E-state index contributed by atoms with van der Waals surface area (Å²) in [5, 5.41) is 3.91. The third-order valence-corrected chi connectivity index (χ3v) is 3.05. The van der Waals surface area contributed by atoms with Gasteiger partial charge in [0.1, 0.15) is 11.5 Å². The van der Waals surface area contributed by atoms with Crippen molar-refractivity contribution in [3.05, 3.63) is 36.0 Å². The SMILES string of the molecule is CC(C)NC(=O)Cn1ccc2cc(C(N)=S)ccc21. The van der Waals surface area contributed by atoms with E-state index in [1.165, 1.54) is 0 Å². The molecule has 19 heavy (non-hydrogen) atoms. The van der Waals surface area contributed by atoms with Gasteiger partial charge < -0.3 is 15.6 Å². The van der Waals surface area contributed by atoms with Crippen LogP contribution >= 0.6 is 12.2 Å². The van der Waals surface area contributed by atoms with Crippen molar-refractivity contribution in [1.29, 1.82) is 0 Å². The van der Waals surface area contributed by atoms with Gasteiger partial charge in [-0.2, -0.15) is 0 Å². The zero-order chi connectivity index (χ0) is 14.0. The van der Waals surface area contributed by atoms with Crippen LogP contribution in [0.25, 0.3) is 10.9 Å². The van der Waals surface area contributed by atoms with E-state index in [1.807, 2.05) is 48.9 Å². The molecule has 0 aliphatic carbocycles. The highest BCUT2D eigenvalue weighted by Gasteiger charge is 2.08. The highest BCUT2D eigenvalue weighted by atomic mass is 32.1. The molecule has 1 aromatic heterocycles. The molecule has 0 fully saturated rings. The molecule has 2 rings (SSSR count). The van der Waals surface area contributed by atoms with E-state index < -0.39 is 0 Å². The lowest BCUT2D eigenvalue weighted by molar-refractivity contribution is -0.122. The first-order chi connectivity index (χ1) is 8.97. The standard InChI is InChI=1S/C14H17N3OS/c1-9(2)16-13(18)8-17-6-5-10-7-11(14(15)19)3-4-12(10)17/h3-7,9H,8H2,1-2H3,(H2,15,19)(H,16,18). The fraction of sp³-hybridized carbons (Fsp3) is 0.286. The molecule has 0 aliphatic rings. The van der Waals surface area contributed by atoms with Crippen LogP contribution in [0.4, 0.5) is 0 Å². The second kappa shape index (κ2) is 5.40. The summed E-state index contributed by atoms with van der Waals surface area (Å²) >= 11 is 4.96. The summed E-state index contributed by atoms with van der Waals surface area (Å²) in [6.07, 6.45) is 1.90. The third kappa shape index (κ3) is 3.12. The van der Waals surface area contributed by atoms with E-state index in [-0.39, 0.29) is 11.9 Å². The summed E-state index contributed by atoms with van der Waals surface area (Å²) < 4.78 is 1.91. The Hall–Kier alpha value is -1.88. The smallest absolute Gasteiger partial charge is 0.240 e. The Bertz CT molecular complexity index is 631. The minimum atomic E-state index is 0.00548. The van der Waals surface area contributed by atoms with Gasteiger partial charge in [0.25, 0.3) is 0 Å². The molecule has 1 aromatic carbocycles. The molecule has 0 spiro atoms. The molecule has 0 saturated heterocycles. The van der Waals surface area contributed by atoms with Gasteiger partial charge in [-0.15, -0.1) is 0 Å². The average molecular weight is 275 g/mol. The topological polar surface area (TPSA) is 60.0 Å². The summed E-state index contributed by atoms with van der Waals surface area (Å²) in [7, 11) is 0. The average Bonchev–Trinajstić information content (AvgIpc) is 2.70. The predicted molar refractivity (Wildman–Crippen MR) is 81.1 cm³/mol. The fourth-order valence-corrected chi connectivity index (χ4v) is 2.14. The molecule has 0 radical (unpaired) electrons. The van der Waals surface area contributed by atoms with Gasteiger partial charge in [-0.05, 0) is 38.1 Å². The van der Waals surface area contributed by atoms with Crippen molar-refractivity contribution >= 4 is 34.0 Å². The molecule has 1 heterocycles. The van der Waals surface area contributed by atoms with E-state index >= 15 is 0 Å². The van der Waals surface area contributed by atoms with Crippen molar-refractivity contribution in [3.8, 4) is 0 Å². The predicted octanol–water partition coefficient (Wildman–Crippen LogP) is 1.80. The number of nitrogens with zero attached hydrogens (tertiary/aromatic N) is 1. The van der Waals surface area contributed by atoms with E-state index in [2.05, 4.69) is 5.32 Å². The molecular weight excluding hydrogens is 258 g/mol. The Morgan fingerprint density at radius 2 is 2.16 bits per heavy atom. The number of nitrogens with two attached hydrogens (primary N) is 1. The number of carbonyl (C=O) groups excluding carboxylic acids is 1. The van der Waals surface area contributed by atoms with E-state index in [0.717, 1.165) is 16.5 Å². The van der Waals surface area contributed by atoms with E-state index in [4.69, 9.17) is 18.0 Å². The molecule has 0 unspecified atom stereocenters. The maximum atomic E-state index is 11.8. The van der Waals surface area contributed by atoms with E-state index in [9.17, 15) is 4.79 Å². The number of fused-ring (bicyclic) bond motifs is 1. The molecule has 0 bridgehead atoms. The lowest BCUT2D eigenvalue weighted by Gasteiger charge is -2.10. The Labute approximate surface area is 117 Å². The van der Waals surface area contributed by atoms with Gasteiger partial charge >= 0.3 is 0 Å². The molecule has 1 amide bonds. The second-order valence-corrected chi connectivity index (χ2v) is 5.24. The summed E-state index contributed by atoms with van der Waals surface area (Å²) in [4.78, 5) is 12.1. The summed E-state index contributed by atoms with van der Waals surface area (Å²) in [5.41, 5.74) is 7.45. The van der Waals surface area contributed by atoms with Gasteiger partial charge in [-0.1, -0.05) is 12.2 Å². The molecular formula is C14H17N3OS. The van der Waals surface area contributed by atoms with Crippen molar-refractivity contribution < 1.29 is 4.79 Å². The first-order valence-electron chi connectivity index (χ1n) is 6.15. The number of benzene rings is 1. The van der Waals surface area contributed by atoms with E-state index in [0.29, 0.717) is 11.5 Å². The molecule has 2 aromatic rings. The number of amides is 1. The zero-order valence-corrected chi connectivity index (χ0v) is 11.8. The normalized spacial score (nSPS) is 10.9. The van der Waals surface area contributed by atoms with Gasteiger partial charge in [-0.25, -0.2) is 0 Å². The lowest BCUT2D eigenvalue weighted by atomic mass is 10.1. The van der Waals surface area contributed by atoms with Crippen molar-refractivity contribution in [2.45, 2.75) is 26.4 Å². The number of hydrogen-bond donors (Lipinski definition) is 2. The zero-order valence-electron chi connectivity index (χ0n) is 11.0. The number of rotatable bonds is 4. The molecule has 0 saturated carbocycles. The number of aromatic nitrogens is 1. The maximum Gasteiger partial charge on any atom is 0.240 e. The van der Waals surface area contributed by atoms with Crippen LogP contribution in [0.3, 0.4) is 0 Å². The van der Waals surface area contributed by atoms with Crippen LogP contribution in [0.15, 0.2) is 30.5 Å². The van der Waals surface area contributed by atoms with Crippen molar-refractivity contribution in [2.75, 3.05) is 0 Å². The highest BCUT2D eigenvalue weighted by Crippen LogP contribution is 2.17. The van der Waals surface area contributed by atoms with Crippen LogP contribution in [-0.2, 0) is 11.3 Å². The molecule has 100 valence electrons. The van der Waals surface area contributed by atoms with Crippen LogP contribution in [0.5, 0.6) is 0 Å². The minimum Gasteiger partial charge on any atom is -0.389 e. The molecule has 3 N–H and O–H groups in total. The summed E-state index contributed by atoms with van der Waals surface area (Å²) in [6, 6.07) is 7.86. The maximum absolute atomic E-state index is 11.8. The number of carbonyl (C=O) groups is 1. The summed E-state index contributed by atoms with van der Waals surface area (Å²) in [6.45, 7) is 4.20. The molecule has 4 nitrogen and oxygen atoms in total. The van der Waals surface area contributed by atoms with Crippen LogP contribution in [0, 0.1) is 0 Å². The van der Waals surface area contributed by atoms with Gasteiger partial charge in [0, 0.05) is 28.7 Å². The Morgan fingerprint density at radius 3 is 2.79 bits per heavy atom. The van der Waals surface area contributed by atoms with Crippen molar-refractivity contribution in [1.82, 2.24) is 9.88 Å². The second-order valence-electron chi connectivity index (χ2n) is 4.80. The summed E-state index contributed by atoms with van der Waals surface area (Å²) in [5.74, 6) is 0.00548. The quantitative estimate of drug-likeness (QED) is 0.837. The number of nitrogens with one attached hydrogen (secondary N) is 1. The third-order valence-electron chi connectivity index (χ3n) is 2.82. The van der Waals surface area contributed by atoms with Crippen LogP contribution in [-0.4, -0.2) is 21.5 Å².